The van der Waals surface area contributed by atoms with Crippen molar-refractivity contribution in [3.05, 3.63) is 0 Å². The fourth-order valence-electron chi connectivity index (χ4n) is 1.76. The maximum atomic E-state index is 12.2. The van der Waals surface area contributed by atoms with Gasteiger partial charge in [0.05, 0.1) is 6.67 Å². The molecule has 2 unspecified atom stereocenters. The van der Waals surface area contributed by atoms with Gasteiger partial charge < -0.3 is 0 Å². The van der Waals surface area contributed by atoms with Gasteiger partial charge in [-0.25, -0.2) is 8.78 Å². The Morgan fingerprint density at radius 2 is 1.82 bits per heavy atom. The Labute approximate surface area is 64.8 Å². The standard InChI is InChI=1S/C8H13F3/c9-5-6-3-1-2-4-7(6)8(10)11/h6-8H,1-5H2. The fourth-order valence-corrected chi connectivity index (χ4v) is 1.76. The van der Waals surface area contributed by atoms with E-state index in [0.29, 0.717) is 12.8 Å². The molecular formula is C8H13F3. The summed E-state index contributed by atoms with van der Waals surface area (Å²) in [6, 6.07) is 0. The topological polar surface area (TPSA) is 0 Å². The SMILES string of the molecule is FCC1CCCCC1C(F)F. The summed E-state index contributed by atoms with van der Waals surface area (Å²) in [5, 5.41) is 0. The first-order valence-corrected chi connectivity index (χ1v) is 4.10. The van der Waals surface area contributed by atoms with E-state index in [-0.39, 0.29) is 5.92 Å². The van der Waals surface area contributed by atoms with Crippen molar-refractivity contribution in [3.63, 3.8) is 0 Å². The van der Waals surface area contributed by atoms with Crippen LogP contribution >= 0.6 is 0 Å². The van der Waals surface area contributed by atoms with E-state index < -0.39 is 19.0 Å². The summed E-state index contributed by atoms with van der Waals surface area (Å²) < 4.78 is 36.5. The number of alkyl halides is 3. The second kappa shape index (κ2) is 3.98. The van der Waals surface area contributed by atoms with E-state index in [2.05, 4.69) is 0 Å². The minimum Gasteiger partial charge on any atom is -0.251 e. The summed E-state index contributed by atoms with van der Waals surface area (Å²) in [6.07, 6.45) is 0.581. The van der Waals surface area contributed by atoms with Crippen molar-refractivity contribution >= 4 is 0 Å². The van der Waals surface area contributed by atoms with Crippen molar-refractivity contribution in [1.29, 1.82) is 0 Å². The molecule has 0 bridgehead atoms. The molecule has 0 saturated heterocycles. The first kappa shape index (κ1) is 8.88. The minimum absolute atomic E-state index is 0.372. The fraction of sp³-hybridized carbons (Fsp3) is 1.00. The van der Waals surface area contributed by atoms with E-state index in [1.165, 1.54) is 0 Å². The summed E-state index contributed by atoms with van der Waals surface area (Å²) >= 11 is 0. The van der Waals surface area contributed by atoms with Crippen LogP contribution in [0.2, 0.25) is 0 Å². The quantitative estimate of drug-likeness (QED) is 0.591. The predicted molar refractivity (Wildman–Crippen MR) is 37.4 cm³/mol. The Morgan fingerprint density at radius 3 is 2.27 bits per heavy atom. The molecule has 1 fully saturated rings. The highest BCUT2D eigenvalue weighted by Crippen LogP contribution is 2.34. The molecule has 1 aliphatic carbocycles. The third kappa shape index (κ3) is 2.11. The Balaban J connectivity index is 2.44. The van der Waals surface area contributed by atoms with Crippen LogP contribution in [0, 0.1) is 11.8 Å². The molecule has 0 radical (unpaired) electrons. The van der Waals surface area contributed by atoms with Crippen molar-refractivity contribution in [2.24, 2.45) is 11.8 Å². The van der Waals surface area contributed by atoms with E-state index in [0.717, 1.165) is 12.8 Å². The molecular weight excluding hydrogens is 153 g/mol. The average Bonchev–Trinajstić information content (AvgIpc) is 2.04. The summed E-state index contributed by atoms with van der Waals surface area (Å²) in [4.78, 5) is 0. The number of halogens is 3. The number of rotatable bonds is 2. The zero-order valence-corrected chi connectivity index (χ0v) is 6.40. The van der Waals surface area contributed by atoms with Crippen LogP contribution in [0.3, 0.4) is 0 Å². The number of hydrogen-bond acceptors (Lipinski definition) is 0. The first-order chi connectivity index (χ1) is 5.25. The summed E-state index contributed by atoms with van der Waals surface area (Å²) in [7, 11) is 0. The molecule has 0 N–H and O–H groups in total. The summed E-state index contributed by atoms with van der Waals surface area (Å²) in [5.41, 5.74) is 0. The average molecular weight is 166 g/mol. The zero-order chi connectivity index (χ0) is 8.27. The van der Waals surface area contributed by atoms with E-state index in [9.17, 15) is 13.2 Å². The van der Waals surface area contributed by atoms with Gasteiger partial charge in [-0.1, -0.05) is 12.8 Å². The molecule has 3 heteroatoms. The highest BCUT2D eigenvalue weighted by Gasteiger charge is 2.31. The van der Waals surface area contributed by atoms with Crippen molar-refractivity contribution in [2.45, 2.75) is 32.1 Å². The van der Waals surface area contributed by atoms with Crippen LogP contribution in [-0.2, 0) is 0 Å². The summed E-state index contributed by atoms with van der Waals surface area (Å²) in [5.74, 6) is -1.04. The van der Waals surface area contributed by atoms with Crippen molar-refractivity contribution < 1.29 is 13.2 Å². The normalized spacial score (nSPS) is 32.7. The molecule has 0 aromatic rings. The van der Waals surface area contributed by atoms with Gasteiger partial charge in [0.15, 0.2) is 0 Å². The molecule has 11 heavy (non-hydrogen) atoms. The van der Waals surface area contributed by atoms with Crippen LogP contribution < -0.4 is 0 Å². The Hall–Kier alpha value is -0.210. The van der Waals surface area contributed by atoms with Crippen molar-refractivity contribution in [1.82, 2.24) is 0 Å². The van der Waals surface area contributed by atoms with Gasteiger partial charge >= 0.3 is 0 Å². The molecule has 0 aromatic carbocycles. The molecule has 2 atom stereocenters. The molecule has 66 valence electrons. The monoisotopic (exact) mass is 166 g/mol. The molecule has 1 aliphatic rings. The Morgan fingerprint density at radius 1 is 1.18 bits per heavy atom. The van der Waals surface area contributed by atoms with Crippen LogP contribution in [0.5, 0.6) is 0 Å². The van der Waals surface area contributed by atoms with Gasteiger partial charge in [-0.3, -0.25) is 4.39 Å². The smallest absolute Gasteiger partial charge is 0.241 e. The molecule has 0 spiro atoms. The highest BCUT2D eigenvalue weighted by atomic mass is 19.3. The zero-order valence-electron chi connectivity index (χ0n) is 6.40. The lowest BCUT2D eigenvalue weighted by atomic mass is 9.80. The van der Waals surface area contributed by atoms with E-state index in [4.69, 9.17) is 0 Å². The van der Waals surface area contributed by atoms with Crippen LogP contribution in [0.4, 0.5) is 13.2 Å². The lowest BCUT2D eigenvalue weighted by molar-refractivity contribution is 0.0134. The lowest BCUT2D eigenvalue weighted by Crippen LogP contribution is -2.27. The number of hydrogen-bond donors (Lipinski definition) is 0. The Kier molecular flexibility index (Phi) is 3.21. The van der Waals surface area contributed by atoms with Crippen LogP contribution in [0.25, 0.3) is 0 Å². The van der Waals surface area contributed by atoms with Gasteiger partial charge in [-0.2, -0.15) is 0 Å². The van der Waals surface area contributed by atoms with Gasteiger partial charge in [0.2, 0.25) is 6.43 Å². The molecule has 0 heterocycles. The second-order valence-electron chi connectivity index (χ2n) is 3.20. The lowest BCUT2D eigenvalue weighted by Gasteiger charge is -2.28. The minimum atomic E-state index is -2.32. The van der Waals surface area contributed by atoms with E-state index >= 15 is 0 Å². The summed E-state index contributed by atoms with van der Waals surface area (Å²) in [6.45, 7) is -0.574. The van der Waals surface area contributed by atoms with Crippen LogP contribution in [-0.4, -0.2) is 13.1 Å². The molecule has 1 rings (SSSR count). The highest BCUT2D eigenvalue weighted by molar-refractivity contribution is 4.76. The van der Waals surface area contributed by atoms with Gasteiger partial charge in [0.1, 0.15) is 0 Å². The van der Waals surface area contributed by atoms with Crippen molar-refractivity contribution in [2.75, 3.05) is 6.67 Å². The van der Waals surface area contributed by atoms with Crippen LogP contribution in [0.1, 0.15) is 25.7 Å². The molecule has 0 aliphatic heterocycles. The van der Waals surface area contributed by atoms with E-state index in [1.54, 1.807) is 0 Å². The maximum absolute atomic E-state index is 12.2. The van der Waals surface area contributed by atoms with Gasteiger partial charge in [-0.05, 0) is 18.8 Å². The first-order valence-electron chi connectivity index (χ1n) is 4.10. The van der Waals surface area contributed by atoms with E-state index in [1.807, 2.05) is 0 Å². The molecule has 0 aromatic heterocycles. The maximum Gasteiger partial charge on any atom is 0.241 e. The second-order valence-corrected chi connectivity index (χ2v) is 3.20. The Bertz CT molecular complexity index is 114. The largest absolute Gasteiger partial charge is 0.251 e. The van der Waals surface area contributed by atoms with Crippen LogP contribution in [0.15, 0.2) is 0 Å². The molecule has 0 amide bonds. The molecule has 0 nitrogen and oxygen atoms in total. The van der Waals surface area contributed by atoms with Gasteiger partial charge in [-0.15, -0.1) is 0 Å². The van der Waals surface area contributed by atoms with Gasteiger partial charge in [0, 0.05) is 5.92 Å². The third-order valence-corrected chi connectivity index (χ3v) is 2.49. The third-order valence-electron chi connectivity index (χ3n) is 2.49. The molecule has 1 saturated carbocycles. The van der Waals surface area contributed by atoms with Gasteiger partial charge in [0.25, 0.3) is 0 Å². The predicted octanol–water partition coefficient (Wildman–Crippen LogP) is 3.03. The van der Waals surface area contributed by atoms with Crippen molar-refractivity contribution in [3.8, 4) is 0 Å².